The summed E-state index contributed by atoms with van der Waals surface area (Å²) in [6, 6.07) is 17.1. The van der Waals surface area contributed by atoms with E-state index in [0.717, 1.165) is 96.2 Å². The number of urea groups is 1. The highest BCUT2D eigenvalue weighted by Crippen LogP contribution is 2.72. The fourth-order valence-corrected chi connectivity index (χ4v) is 15.8. The first-order valence-electron chi connectivity index (χ1n) is 32.4. The third-order valence-corrected chi connectivity index (χ3v) is 18.9. The van der Waals surface area contributed by atoms with E-state index in [1.165, 1.54) is 11.3 Å². The number of carbonyl (C=O) groups excluding carboxylic acids is 5. The van der Waals surface area contributed by atoms with Crippen LogP contribution in [0.15, 0.2) is 72.9 Å². The Morgan fingerprint density at radius 2 is 1.28 bits per heavy atom. The number of carbonyl (C=O) groups is 6. The molecule has 25 heteroatoms. The lowest BCUT2D eigenvalue weighted by Gasteiger charge is -2.69. The fourth-order valence-electron chi connectivity index (χ4n) is 15.0. The molecule has 0 radical (unpaired) electrons. The first kappa shape index (κ1) is 68.9. The number of thiazole rings is 1. The van der Waals surface area contributed by atoms with Gasteiger partial charge in [0.15, 0.2) is 10.8 Å². The highest BCUT2D eigenvalue weighted by molar-refractivity contribution is 7.22. The molecule has 6 aliphatic rings. The number of rotatable bonds is 38. The van der Waals surface area contributed by atoms with Crippen molar-refractivity contribution < 1.29 is 76.5 Å². The van der Waals surface area contributed by atoms with E-state index in [-0.39, 0.29) is 58.9 Å². The SMILES string of the molecule is Cc1c(-c2ccc(-c3ccc4c(c3)N(C(=O)Nc3nc5ccccc5s3)CCC4)nc2C(=O)O)cnn1CC12CC3(C)CC(C)(C1)CC(OCCN(C)C(=O)CCOCCOCCOCCOCCOCCOCCOCCOCCCC(=O)N1C(=O)C=CC1=O)(C3)C2. The Balaban J connectivity index is 0.576. The van der Waals surface area contributed by atoms with Crippen molar-refractivity contribution in [1.29, 1.82) is 0 Å². The van der Waals surface area contributed by atoms with Gasteiger partial charge in [0.2, 0.25) is 11.8 Å². The predicted molar refractivity (Wildman–Crippen MR) is 346 cm³/mol. The first-order chi connectivity index (χ1) is 44.9. The highest BCUT2D eigenvalue weighted by atomic mass is 32.1. The topological polar surface area (TPSA) is 271 Å². The summed E-state index contributed by atoms with van der Waals surface area (Å²) in [4.78, 5) is 88.5. The van der Waals surface area contributed by atoms with Crippen LogP contribution >= 0.6 is 11.3 Å². The molecule has 11 rings (SSSR count). The summed E-state index contributed by atoms with van der Waals surface area (Å²) < 4.78 is 54.5. The molecule has 2 unspecified atom stereocenters. The number of carboxylic acid groups (broad SMARTS) is 1. The molecule has 0 saturated heterocycles. The van der Waals surface area contributed by atoms with Crippen molar-refractivity contribution in [2.75, 3.05) is 143 Å². The average molecular weight is 1310 g/mol. The van der Waals surface area contributed by atoms with Crippen molar-refractivity contribution in [3.63, 3.8) is 0 Å². The van der Waals surface area contributed by atoms with Gasteiger partial charge in [0.05, 0.1) is 140 Å². The maximum absolute atomic E-state index is 13.8. The van der Waals surface area contributed by atoms with E-state index in [0.29, 0.717) is 159 Å². The monoisotopic (exact) mass is 1300 g/mol. The number of aromatic carboxylic acids is 1. The average Bonchev–Trinajstić information content (AvgIpc) is 1.07. The van der Waals surface area contributed by atoms with E-state index in [1.54, 1.807) is 16.0 Å². The zero-order chi connectivity index (χ0) is 65.4. The molecule has 2 aliphatic heterocycles. The quantitative estimate of drug-likeness (QED) is 0.0277. The Labute approximate surface area is 546 Å². The second-order valence-electron chi connectivity index (χ2n) is 25.7. The number of para-hydroxylation sites is 1. The Kier molecular flexibility index (Phi) is 23.7. The molecule has 0 spiro atoms. The van der Waals surface area contributed by atoms with Crippen molar-refractivity contribution >= 4 is 68.0 Å². The molecule has 24 nitrogen and oxygen atoms in total. The number of anilines is 2. The smallest absolute Gasteiger partial charge is 0.355 e. The van der Waals surface area contributed by atoms with Gasteiger partial charge in [0, 0.05) is 79.9 Å². The lowest BCUT2D eigenvalue weighted by atomic mass is 9.39. The molecule has 2 N–H and O–H groups in total. The van der Waals surface area contributed by atoms with E-state index in [9.17, 15) is 33.9 Å². The number of amides is 6. The fraction of sp³-hybridized carbons (Fsp3) is 0.574. The molecule has 4 aliphatic carbocycles. The maximum Gasteiger partial charge on any atom is 0.355 e. The number of ether oxygens (including phenoxy) is 9. The van der Waals surface area contributed by atoms with Crippen LogP contribution in [0.1, 0.15) is 99.8 Å². The first-order valence-corrected chi connectivity index (χ1v) is 33.2. The molecule has 3 aromatic heterocycles. The van der Waals surface area contributed by atoms with Gasteiger partial charge in [-0.2, -0.15) is 5.10 Å². The number of fused-ring (bicyclic) bond motifs is 2. The molecule has 4 saturated carbocycles. The van der Waals surface area contributed by atoms with Gasteiger partial charge in [-0.15, -0.1) is 0 Å². The number of aromatic nitrogens is 4. The van der Waals surface area contributed by atoms with Crippen molar-refractivity contribution in [1.82, 2.24) is 29.5 Å². The number of nitrogens with zero attached hydrogens (tertiary/aromatic N) is 7. The van der Waals surface area contributed by atoms with E-state index in [4.69, 9.17) is 52.7 Å². The summed E-state index contributed by atoms with van der Waals surface area (Å²) in [5, 5.41) is 19.2. The van der Waals surface area contributed by atoms with E-state index in [2.05, 4.69) is 28.8 Å². The molecule has 2 atom stereocenters. The van der Waals surface area contributed by atoms with E-state index >= 15 is 0 Å². The molecule has 4 fully saturated rings. The Morgan fingerprint density at radius 3 is 1.89 bits per heavy atom. The molecule has 5 heterocycles. The number of hydrogen-bond donors (Lipinski definition) is 2. The van der Waals surface area contributed by atoms with Gasteiger partial charge in [-0.1, -0.05) is 49.4 Å². The lowest BCUT2D eigenvalue weighted by Crippen LogP contribution is -2.64. The number of pyridine rings is 1. The summed E-state index contributed by atoms with van der Waals surface area (Å²) in [5.41, 5.74) is 5.59. The summed E-state index contributed by atoms with van der Waals surface area (Å²) in [6.45, 7) is 15.2. The second-order valence-corrected chi connectivity index (χ2v) is 26.8. The van der Waals surface area contributed by atoms with Gasteiger partial charge in [-0.25, -0.2) is 24.5 Å². The van der Waals surface area contributed by atoms with Gasteiger partial charge in [0.25, 0.3) is 11.8 Å². The number of nitrogens with one attached hydrogen (secondary N) is 1. The summed E-state index contributed by atoms with van der Waals surface area (Å²) in [6.07, 6.45) is 12.3. The van der Waals surface area contributed by atoms with Crippen LogP contribution in [0.3, 0.4) is 0 Å². The summed E-state index contributed by atoms with van der Waals surface area (Å²) in [5.74, 6) is -2.89. The minimum atomic E-state index is -1.14. The molecule has 5 aromatic rings. The number of likely N-dealkylation sites (N-methyl/N-ethyl adjacent to an activating group) is 1. The molecule has 6 amide bonds. The molecule has 4 bridgehead atoms. The molecular weight excluding hydrogens is 1220 g/mol. The van der Waals surface area contributed by atoms with Gasteiger partial charge in [-0.3, -0.25) is 34.1 Å². The molecule has 502 valence electrons. The zero-order valence-corrected chi connectivity index (χ0v) is 54.8. The van der Waals surface area contributed by atoms with Gasteiger partial charge >= 0.3 is 12.0 Å². The predicted octanol–water partition coefficient (Wildman–Crippen LogP) is 8.56. The number of benzene rings is 2. The number of aryl methyl sites for hydroxylation is 1. The van der Waals surface area contributed by atoms with Gasteiger partial charge < -0.3 is 52.6 Å². The van der Waals surface area contributed by atoms with Crippen LogP contribution in [0.25, 0.3) is 32.6 Å². The molecule has 2 aromatic carbocycles. The maximum atomic E-state index is 13.8. The number of carboxylic acids is 1. The van der Waals surface area contributed by atoms with Gasteiger partial charge in [0.1, 0.15) is 0 Å². The van der Waals surface area contributed by atoms with Crippen molar-refractivity contribution in [2.24, 2.45) is 16.2 Å². The number of imide groups is 3. The standard InChI is InChI=1S/C68H88N8O16S/c1-48-52(51-15-16-53(70-61(51)62(81)82)50-14-13-49-9-7-20-74(55(49)39-50)64(83)72-63-71-54-10-5-6-11-56(54)93-63)40-69-75(48)47-67-42-65(2)41-66(3,43-67)45-68(44-65,46-67)92-24-21-73(4)57(77)19-23-85-26-28-87-30-32-89-34-36-91-38-37-90-35-33-88-31-29-86-27-25-84-22-8-12-58(78)76-59(79)17-18-60(76)80/h5-6,10-11,13-18,39-40H,7-9,12,19-38,41-47H2,1-4H3,(H,81,82)(H,71,72,83). The van der Waals surface area contributed by atoms with Crippen LogP contribution < -0.4 is 10.2 Å². The van der Waals surface area contributed by atoms with Gasteiger partial charge in [-0.05, 0) is 117 Å². The summed E-state index contributed by atoms with van der Waals surface area (Å²) >= 11 is 1.43. The Bertz CT molecular complexity index is 3390. The third-order valence-electron chi connectivity index (χ3n) is 17.9. The van der Waals surface area contributed by atoms with Crippen LogP contribution in [-0.2, 0) is 74.8 Å². The van der Waals surface area contributed by atoms with Crippen molar-refractivity contribution in [2.45, 2.75) is 104 Å². The minimum absolute atomic E-state index is 0.00999. The lowest BCUT2D eigenvalue weighted by molar-refractivity contribution is -0.248. The normalized spacial score (nSPS) is 21.3. The van der Waals surface area contributed by atoms with Crippen LogP contribution in [0.2, 0.25) is 0 Å². The van der Waals surface area contributed by atoms with E-state index in [1.807, 2.05) is 68.6 Å². The third kappa shape index (κ3) is 18.1. The Morgan fingerprint density at radius 1 is 0.677 bits per heavy atom. The van der Waals surface area contributed by atoms with Crippen molar-refractivity contribution in [3.05, 3.63) is 89.9 Å². The van der Waals surface area contributed by atoms with Crippen molar-refractivity contribution in [3.8, 4) is 22.4 Å². The highest BCUT2D eigenvalue weighted by Gasteiger charge is 2.66. The van der Waals surface area contributed by atoms with Crippen LogP contribution in [0, 0.1) is 23.2 Å². The molecule has 93 heavy (non-hydrogen) atoms. The molecular formula is C68H88N8O16S. The summed E-state index contributed by atoms with van der Waals surface area (Å²) in [7, 11) is 1.82. The second kappa shape index (κ2) is 32.0. The Hall–Kier alpha value is -6.91. The number of hydrogen-bond acceptors (Lipinski definition) is 19. The largest absolute Gasteiger partial charge is 0.476 e. The minimum Gasteiger partial charge on any atom is -0.476 e. The zero-order valence-electron chi connectivity index (χ0n) is 54.0. The van der Waals surface area contributed by atoms with Crippen LogP contribution in [0.4, 0.5) is 15.6 Å². The van der Waals surface area contributed by atoms with Crippen LogP contribution in [-0.4, -0.2) is 208 Å². The van der Waals surface area contributed by atoms with Crippen LogP contribution in [0.5, 0.6) is 0 Å². The van der Waals surface area contributed by atoms with E-state index < -0.39 is 23.7 Å².